The number of thiophene rings is 1. The minimum Gasteiger partial charge on any atom is -0.478 e. The Morgan fingerprint density at radius 1 is 1.56 bits per heavy atom. The topological polar surface area (TPSA) is 63.1 Å². The molecule has 2 rings (SSSR count). The lowest BCUT2D eigenvalue weighted by Gasteiger charge is -2.02. The number of nitrogens with zero attached hydrogens (tertiary/aromatic N) is 2. The van der Waals surface area contributed by atoms with Gasteiger partial charge in [-0.3, -0.25) is 0 Å². The van der Waals surface area contributed by atoms with E-state index in [4.69, 9.17) is 5.11 Å². The Bertz CT molecular complexity index is 509. The zero-order valence-electron chi connectivity index (χ0n) is 8.67. The first-order valence-electron chi connectivity index (χ1n) is 4.75. The molecule has 0 aromatic carbocycles. The molecule has 0 unspecified atom stereocenters. The summed E-state index contributed by atoms with van der Waals surface area (Å²) in [6.45, 7) is 1.68. The van der Waals surface area contributed by atoms with Crippen molar-refractivity contribution in [2.75, 3.05) is 0 Å². The maximum Gasteiger partial charge on any atom is 0.339 e. The number of carbonyl (C=O) groups is 1. The van der Waals surface area contributed by atoms with Gasteiger partial charge in [0.1, 0.15) is 5.82 Å². The molecule has 0 atom stereocenters. The van der Waals surface area contributed by atoms with Crippen LogP contribution in [0, 0.1) is 6.92 Å². The Hall–Kier alpha value is -1.75. The van der Waals surface area contributed by atoms with Crippen molar-refractivity contribution < 1.29 is 9.90 Å². The fourth-order valence-corrected chi connectivity index (χ4v) is 2.08. The van der Waals surface area contributed by atoms with Crippen LogP contribution in [-0.4, -0.2) is 21.0 Å². The molecule has 2 heterocycles. The molecule has 0 fully saturated rings. The van der Waals surface area contributed by atoms with Crippen molar-refractivity contribution in [2.45, 2.75) is 13.3 Å². The summed E-state index contributed by atoms with van der Waals surface area (Å²) >= 11 is 1.64. The molecule has 0 radical (unpaired) electrons. The van der Waals surface area contributed by atoms with Gasteiger partial charge >= 0.3 is 5.97 Å². The fraction of sp³-hybridized carbons (Fsp3) is 0.182. The van der Waals surface area contributed by atoms with Crippen LogP contribution in [0.3, 0.4) is 0 Å². The predicted octanol–water partition coefficient (Wildman–Crippen LogP) is 2.14. The quantitative estimate of drug-likeness (QED) is 0.883. The summed E-state index contributed by atoms with van der Waals surface area (Å²) in [5, 5.41) is 10.8. The van der Waals surface area contributed by atoms with E-state index in [0.29, 0.717) is 17.9 Å². The minimum atomic E-state index is -0.986. The van der Waals surface area contributed by atoms with Gasteiger partial charge in [0.25, 0.3) is 0 Å². The summed E-state index contributed by atoms with van der Waals surface area (Å²) in [6.07, 6.45) is 2.02. The van der Waals surface area contributed by atoms with E-state index < -0.39 is 5.97 Å². The van der Waals surface area contributed by atoms with Crippen LogP contribution in [0.1, 0.15) is 26.8 Å². The molecule has 0 aliphatic rings. The Balaban J connectivity index is 2.24. The molecule has 1 N–H and O–H groups in total. The van der Waals surface area contributed by atoms with Crippen molar-refractivity contribution in [3.8, 4) is 0 Å². The average molecular weight is 234 g/mol. The Morgan fingerprint density at radius 2 is 2.38 bits per heavy atom. The molecule has 0 saturated heterocycles. The summed E-state index contributed by atoms with van der Waals surface area (Å²) in [4.78, 5) is 20.2. The lowest BCUT2D eigenvalue weighted by Crippen LogP contribution is -2.06. The van der Waals surface area contributed by atoms with Crippen LogP contribution in [0.4, 0.5) is 0 Å². The fourth-order valence-electron chi connectivity index (χ4n) is 1.38. The lowest BCUT2D eigenvalue weighted by atomic mass is 10.2. The van der Waals surface area contributed by atoms with Gasteiger partial charge in [0.2, 0.25) is 0 Å². The normalized spacial score (nSPS) is 10.3. The highest BCUT2D eigenvalue weighted by Gasteiger charge is 2.10. The number of hydrogen-bond donors (Lipinski definition) is 1. The summed E-state index contributed by atoms with van der Waals surface area (Å²) in [6, 6.07) is 3.98. The van der Waals surface area contributed by atoms with Crippen molar-refractivity contribution in [1.29, 1.82) is 0 Å². The number of aryl methyl sites for hydroxylation is 1. The summed E-state index contributed by atoms with van der Waals surface area (Å²) < 4.78 is 0. The molecule has 0 amide bonds. The van der Waals surface area contributed by atoms with E-state index in [-0.39, 0.29) is 5.56 Å². The molecule has 5 heteroatoms. The molecule has 2 aromatic heterocycles. The second-order valence-corrected chi connectivity index (χ2v) is 4.38. The van der Waals surface area contributed by atoms with E-state index in [1.807, 2.05) is 17.5 Å². The Kier molecular flexibility index (Phi) is 2.96. The van der Waals surface area contributed by atoms with Gasteiger partial charge in [-0.15, -0.1) is 11.3 Å². The van der Waals surface area contributed by atoms with Gasteiger partial charge in [-0.25, -0.2) is 14.8 Å². The average Bonchev–Trinajstić information content (AvgIpc) is 2.70. The van der Waals surface area contributed by atoms with Crippen LogP contribution in [0.2, 0.25) is 0 Å². The van der Waals surface area contributed by atoms with Crippen LogP contribution in [0.25, 0.3) is 0 Å². The highest BCUT2D eigenvalue weighted by molar-refractivity contribution is 7.09. The molecule has 2 aromatic rings. The monoisotopic (exact) mass is 234 g/mol. The number of carboxylic acids is 1. The summed E-state index contributed by atoms with van der Waals surface area (Å²) in [5.74, 6) is -0.329. The van der Waals surface area contributed by atoms with E-state index in [9.17, 15) is 4.79 Å². The maximum absolute atomic E-state index is 10.8. The van der Waals surface area contributed by atoms with E-state index >= 15 is 0 Å². The van der Waals surface area contributed by atoms with Gasteiger partial charge in [-0.2, -0.15) is 0 Å². The molecular weight excluding hydrogens is 224 g/mol. The van der Waals surface area contributed by atoms with Crippen LogP contribution < -0.4 is 0 Å². The third-order valence-corrected chi connectivity index (χ3v) is 3.05. The first-order valence-corrected chi connectivity index (χ1v) is 5.63. The molecule has 0 saturated carbocycles. The number of hydrogen-bond acceptors (Lipinski definition) is 4. The van der Waals surface area contributed by atoms with E-state index in [1.54, 1.807) is 18.3 Å². The molecule has 4 nitrogen and oxygen atoms in total. The van der Waals surface area contributed by atoms with E-state index in [1.165, 1.54) is 11.1 Å². The Morgan fingerprint density at radius 3 is 2.94 bits per heavy atom. The Labute approximate surface area is 96.6 Å². The van der Waals surface area contributed by atoms with Crippen molar-refractivity contribution in [3.05, 3.63) is 45.7 Å². The van der Waals surface area contributed by atoms with Gasteiger partial charge < -0.3 is 5.11 Å². The van der Waals surface area contributed by atoms with Crippen LogP contribution in [0.5, 0.6) is 0 Å². The highest BCUT2D eigenvalue weighted by Crippen LogP contribution is 2.13. The molecule has 0 aliphatic heterocycles. The first-order chi connectivity index (χ1) is 7.66. The maximum atomic E-state index is 10.8. The first kappa shape index (κ1) is 10.8. The minimum absolute atomic E-state index is 0.162. The van der Waals surface area contributed by atoms with Crippen LogP contribution in [-0.2, 0) is 6.42 Å². The standard InChI is InChI=1S/C11H10N2O2S/c1-7-9(11(14)15)6-12-10(13-7)5-8-3-2-4-16-8/h2-4,6H,5H2,1H3,(H,14,15). The zero-order chi connectivity index (χ0) is 11.5. The van der Waals surface area contributed by atoms with Gasteiger partial charge in [0.05, 0.1) is 11.3 Å². The highest BCUT2D eigenvalue weighted by atomic mass is 32.1. The number of carboxylic acid groups (broad SMARTS) is 1. The molecule has 82 valence electrons. The van der Waals surface area contributed by atoms with Crippen molar-refractivity contribution in [3.63, 3.8) is 0 Å². The van der Waals surface area contributed by atoms with Crippen molar-refractivity contribution in [2.24, 2.45) is 0 Å². The third kappa shape index (κ3) is 2.25. The van der Waals surface area contributed by atoms with E-state index in [0.717, 1.165) is 0 Å². The van der Waals surface area contributed by atoms with E-state index in [2.05, 4.69) is 9.97 Å². The molecule has 0 aliphatic carbocycles. The molecule has 0 bridgehead atoms. The van der Waals surface area contributed by atoms with Gasteiger partial charge in [-0.1, -0.05) is 6.07 Å². The summed E-state index contributed by atoms with van der Waals surface area (Å²) in [5.41, 5.74) is 0.670. The summed E-state index contributed by atoms with van der Waals surface area (Å²) in [7, 11) is 0. The van der Waals surface area contributed by atoms with Crippen LogP contribution in [0.15, 0.2) is 23.7 Å². The van der Waals surface area contributed by atoms with Crippen LogP contribution >= 0.6 is 11.3 Å². The van der Waals surface area contributed by atoms with Gasteiger partial charge in [0, 0.05) is 17.5 Å². The lowest BCUT2D eigenvalue weighted by molar-refractivity contribution is 0.0695. The second kappa shape index (κ2) is 4.40. The zero-order valence-corrected chi connectivity index (χ0v) is 9.49. The predicted molar refractivity (Wildman–Crippen MR) is 60.9 cm³/mol. The largest absolute Gasteiger partial charge is 0.478 e. The number of aromatic carboxylic acids is 1. The SMILES string of the molecule is Cc1nc(Cc2cccs2)ncc1C(=O)O. The molecule has 16 heavy (non-hydrogen) atoms. The second-order valence-electron chi connectivity index (χ2n) is 3.35. The van der Waals surface area contributed by atoms with Crippen molar-refractivity contribution >= 4 is 17.3 Å². The smallest absolute Gasteiger partial charge is 0.339 e. The molecule has 0 spiro atoms. The third-order valence-electron chi connectivity index (χ3n) is 2.17. The number of rotatable bonds is 3. The molecular formula is C11H10N2O2S. The van der Waals surface area contributed by atoms with Gasteiger partial charge in [0.15, 0.2) is 0 Å². The van der Waals surface area contributed by atoms with Gasteiger partial charge in [-0.05, 0) is 18.4 Å². The van der Waals surface area contributed by atoms with Crippen molar-refractivity contribution in [1.82, 2.24) is 9.97 Å². The number of aromatic nitrogens is 2.